The summed E-state index contributed by atoms with van der Waals surface area (Å²) in [6.45, 7) is 0.736. The zero-order chi connectivity index (χ0) is 17.6. The lowest BCUT2D eigenvalue weighted by molar-refractivity contribution is -0.122. The minimum absolute atomic E-state index is 0.0298. The van der Waals surface area contributed by atoms with Gasteiger partial charge >= 0.3 is 6.09 Å². The van der Waals surface area contributed by atoms with E-state index < -0.39 is 6.09 Å². The maximum atomic E-state index is 12.3. The Morgan fingerprint density at radius 2 is 1.88 bits per heavy atom. The number of halogens is 1. The van der Waals surface area contributed by atoms with Crippen LogP contribution >= 0.6 is 11.6 Å². The fraction of sp³-hybridized carbons (Fsp3) is 0.263. The summed E-state index contributed by atoms with van der Waals surface area (Å²) >= 11 is 5.86. The summed E-state index contributed by atoms with van der Waals surface area (Å²) in [4.78, 5) is 25.9. The predicted octanol–water partition coefficient (Wildman–Crippen LogP) is 3.73. The number of hydrogen-bond acceptors (Lipinski definition) is 4. The molecule has 3 rings (SSSR count). The summed E-state index contributed by atoms with van der Waals surface area (Å²) in [6.07, 6.45) is 0.0872. The topological polar surface area (TPSA) is 58.6 Å². The van der Waals surface area contributed by atoms with E-state index in [2.05, 4.69) is 5.32 Å². The fourth-order valence-electron chi connectivity index (χ4n) is 2.69. The summed E-state index contributed by atoms with van der Waals surface area (Å²) in [7, 11) is 0. The van der Waals surface area contributed by atoms with Gasteiger partial charge in [-0.3, -0.25) is 4.79 Å². The van der Waals surface area contributed by atoms with Crippen LogP contribution in [-0.4, -0.2) is 35.9 Å². The third-order valence-corrected chi connectivity index (χ3v) is 4.32. The average Bonchev–Trinajstić information content (AvgIpc) is 2.64. The van der Waals surface area contributed by atoms with Crippen molar-refractivity contribution in [2.75, 3.05) is 18.4 Å². The highest BCUT2D eigenvalue weighted by atomic mass is 35.5. The van der Waals surface area contributed by atoms with E-state index >= 15 is 0 Å². The normalized spacial score (nSPS) is 17.2. The van der Waals surface area contributed by atoms with Crippen LogP contribution in [0.2, 0.25) is 5.02 Å². The number of ether oxygens (including phenoxy) is 1. The number of nitrogens with one attached hydrogen (secondary N) is 1. The van der Waals surface area contributed by atoms with E-state index in [1.165, 1.54) is 4.90 Å². The Hall–Kier alpha value is -2.53. The Bertz CT molecular complexity index is 734. The van der Waals surface area contributed by atoms with E-state index in [4.69, 9.17) is 16.3 Å². The number of likely N-dealkylation sites (tertiary alicyclic amines) is 1. The summed E-state index contributed by atoms with van der Waals surface area (Å²) < 4.78 is 5.28. The molecule has 0 spiro atoms. The van der Waals surface area contributed by atoms with Crippen LogP contribution in [0.5, 0.6) is 0 Å². The number of nitrogens with zero attached hydrogens (tertiary/aromatic N) is 1. The van der Waals surface area contributed by atoms with Gasteiger partial charge in [-0.25, -0.2) is 4.79 Å². The van der Waals surface area contributed by atoms with Gasteiger partial charge in [-0.05, 0) is 36.2 Å². The van der Waals surface area contributed by atoms with Crippen LogP contribution in [0.3, 0.4) is 0 Å². The fourth-order valence-corrected chi connectivity index (χ4v) is 2.82. The Balaban J connectivity index is 1.50. The maximum Gasteiger partial charge on any atom is 0.410 e. The van der Waals surface area contributed by atoms with Gasteiger partial charge in [-0.2, -0.15) is 0 Å². The van der Waals surface area contributed by atoms with Crippen LogP contribution in [0.15, 0.2) is 54.6 Å². The van der Waals surface area contributed by atoms with E-state index in [-0.39, 0.29) is 25.0 Å². The SMILES string of the molecule is O=C1CN(C(=O)OCc2ccccc2)CCC1Nc1ccc(Cl)cc1. The van der Waals surface area contributed by atoms with Crippen LogP contribution in [-0.2, 0) is 16.1 Å². The molecule has 1 saturated heterocycles. The van der Waals surface area contributed by atoms with Gasteiger partial charge < -0.3 is 15.0 Å². The Labute approximate surface area is 151 Å². The molecule has 5 nitrogen and oxygen atoms in total. The van der Waals surface area contributed by atoms with E-state index in [0.29, 0.717) is 18.0 Å². The number of benzene rings is 2. The van der Waals surface area contributed by atoms with Crippen LogP contribution in [0.4, 0.5) is 10.5 Å². The van der Waals surface area contributed by atoms with Crippen LogP contribution in [0.1, 0.15) is 12.0 Å². The van der Waals surface area contributed by atoms with Crippen LogP contribution < -0.4 is 5.32 Å². The molecule has 2 aromatic rings. The maximum absolute atomic E-state index is 12.3. The minimum Gasteiger partial charge on any atom is -0.445 e. The average molecular weight is 359 g/mol. The van der Waals surface area contributed by atoms with Crippen molar-refractivity contribution in [3.63, 3.8) is 0 Å². The third kappa shape index (κ3) is 4.73. The minimum atomic E-state index is -0.456. The largest absolute Gasteiger partial charge is 0.445 e. The van der Waals surface area contributed by atoms with Crippen molar-refractivity contribution >= 4 is 29.2 Å². The number of piperidine rings is 1. The molecule has 1 N–H and O–H groups in total. The molecule has 6 heteroatoms. The molecule has 25 heavy (non-hydrogen) atoms. The molecule has 0 aliphatic carbocycles. The van der Waals surface area contributed by atoms with E-state index in [1.54, 1.807) is 12.1 Å². The quantitative estimate of drug-likeness (QED) is 0.904. The van der Waals surface area contributed by atoms with Crippen molar-refractivity contribution in [3.8, 4) is 0 Å². The number of carbonyl (C=O) groups is 2. The number of amides is 1. The molecule has 1 amide bonds. The van der Waals surface area contributed by atoms with Gasteiger partial charge in [0.15, 0.2) is 5.78 Å². The first-order valence-corrected chi connectivity index (χ1v) is 8.50. The first-order chi connectivity index (χ1) is 12.1. The standard InChI is InChI=1S/C19H19ClN2O3/c20-15-6-8-16(9-7-15)21-17-10-11-22(12-18(17)23)19(24)25-13-14-4-2-1-3-5-14/h1-9,17,21H,10-13H2. The summed E-state index contributed by atoms with van der Waals surface area (Å²) in [5.41, 5.74) is 1.75. The second-order valence-electron chi connectivity index (χ2n) is 5.92. The second-order valence-corrected chi connectivity index (χ2v) is 6.36. The summed E-state index contributed by atoms with van der Waals surface area (Å²) in [5.74, 6) is -0.0298. The zero-order valence-electron chi connectivity index (χ0n) is 13.7. The molecule has 0 bridgehead atoms. The van der Waals surface area contributed by atoms with E-state index in [9.17, 15) is 9.59 Å². The summed E-state index contributed by atoms with van der Waals surface area (Å²) in [6, 6.07) is 16.4. The first-order valence-electron chi connectivity index (χ1n) is 8.12. The molecule has 130 valence electrons. The molecular weight excluding hydrogens is 340 g/mol. The van der Waals surface area contributed by atoms with Gasteiger partial charge in [-0.1, -0.05) is 41.9 Å². The van der Waals surface area contributed by atoms with Gasteiger partial charge in [0.2, 0.25) is 0 Å². The molecule has 0 saturated carbocycles. The number of hydrogen-bond donors (Lipinski definition) is 1. The smallest absolute Gasteiger partial charge is 0.410 e. The zero-order valence-corrected chi connectivity index (χ0v) is 14.4. The lowest BCUT2D eigenvalue weighted by Gasteiger charge is -2.31. The van der Waals surface area contributed by atoms with E-state index in [0.717, 1.165) is 11.3 Å². The van der Waals surface area contributed by atoms with Gasteiger partial charge in [0, 0.05) is 17.3 Å². The molecule has 0 aromatic heterocycles. The molecule has 2 aromatic carbocycles. The van der Waals surface area contributed by atoms with Gasteiger partial charge in [0.1, 0.15) is 6.61 Å². The highest BCUT2D eigenvalue weighted by Crippen LogP contribution is 2.18. The Morgan fingerprint density at radius 1 is 1.16 bits per heavy atom. The lowest BCUT2D eigenvalue weighted by atomic mass is 10.0. The van der Waals surface area contributed by atoms with Gasteiger partial charge in [0.05, 0.1) is 12.6 Å². The number of anilines is 1. The molecule has 1 unspecified atom stereocenters. The monoisotopic (exact) mass is 358 g/mol. The van der Waals surface area contributed by atoms with Gasteiger partial charge in [-0.15, -0.1) is 0 Å². The van der Waals surface area contributed by atoms with Crippen molar-refractivity contribution in [3.05, 3.63) is 65.2 Å². The number of Topliss-reactive ketones (excluding diaryl/α,β-unsaturated/α-hetero) is 1. The van der Waals surface area contributed by atoms with Crippen molar-refractivity contribution in [2.24, 2.45) is 0 Å². The van der Waals surface area contributed by atoms with Crippen molar-refractivity contribution in [1.82, 2.24) is 4.90 Å². The molecular formula is C19H19ClN2O3. The van der Waals surface area contributed by atoms with Crippen LogP contribution in [0, 0.1) is 0 Å². The highest BCUT2D eigenvalue weighted by molar-refractivity contribution is 6.30. The second kappa shape index (κ2) is 8.03. The Morgan fingerprint density at radius 3 is 2.56 bits per heavy atom. The van der Waals surface area contributed by atoms with Crippen molar-refractivity contribution < 1.29 is 14.3 Å². The molecule has 1 fully saturated rings. The number of rotatable bonds is 4. The first kappa shape index (κ1) is 17.3. The number of carbonyl (C=O) groups excluding carboxylic acids is 2. The molecule has 1 atom stereocenters. The molecule has 1 aliphatic rings. The lowest BCUT2D eigenvalue weighted by Crippen LogP contribution is -2.49. The number of ketones is 1. The molecule has 0 radical (unpaired) electrons. The highest BCUT2D eigenvalue weighted by Gasteiger charge is 2.30. The van der Waals surface area contributed by atoms with E-state index in [1.807, 2.05) is 42.5 Å². The van der Waals surface area contributed by atoms with Crippen molar-refractivity contribution in [1.29, 1.82) is 0 Å². The summed E-state index contributed by atoms with van der Waals surface area (Å²) in [5, 5.41) is 3.83. The van der Waals surface area contributed by atoms with Gasteiger partial charge in [0.25, 0.3) is 0 Å². The van der Waals surface area contributed by atoms with Crippen LogP contribution in [0.25, 0.3) is 0 Å². The predicted molar refractivity (Wildman–Crippen MR) is 96.7 cm³/mol. The third-order valence-electron chi connectivity index (χ3n) is 4.07. The van der Waals surface area contributed by atoms with Crippen molar-refractivity contribution in [2.45, 2.75) is 19.1 Å². The molecule has 1 heterocycles. The molecule has 1 aliphatic heterocycles. The Kier molecular flexibility index (Phi) is 5.56.